The molecule has 0 bridgehead atoms. The van der Waals surface area contributed by atoms with Crippen LogP contribution in [-0.2, 0) is 6.42 Å². The van der Waals surface area contributed by atoms with Crippen LogP contribution in [0.4, 0.5) is 0 Å². The lowest BCUT2D eigenvalue weighted by atomic mass is 10.0. The number of fused-ring (bicyclic) bond motifs is 1. The number of aryl methyl sites for hydroxylation is 1. The van der Waals surface area contributed by atoms with Crippen LogP contribution in [0.3, 0.4) is 0 Å². The minimum atomic E-state index is -0.435. The summed E-state index contributed by atoms with van der Waals surface area (Å²) in [5.41, 5.74) is 2.96. The topological polar surface area (TPSA) is 79.1 Å². The van der Waals surface area contributed by atoms with Crippen molar-refractivity contribution < 1.29 is 21.9 Å². The molecule has 0 fully saturated rings. The molecule has 0 aliphatic rings. The lowest BCUT2D eigenvalue weighted by Gasteiger charge is -2.05. The van der Waals surface area contributed by atoms with Crippen molar-refractivity contribution in [3.8, 4) is 11.3 Å². The second-order valence-electron chi connectivity index (χ2n) is 4.61. The third-order valence-electron chi connectivity index (χ3n) is 3.42. The van der Waals surface area contributed by atoms with Gasteiger partial charge < -0.3 is 21.9 Å². The number of benzene rings is 1. The number of aromatic amines is 1. The summed E-state index contributed by atoms with van der Waals surface area (Å²) in [5.74, 6) is 0. The fourth-order valence-corrected chi connectivity index (χ4v) is 2.42. The SMILES string of the molecule is Cc1c(CCO)c(=O)oc2n[nH]c(-c3ccccc3)c12.[Cl-]. The molecule has 110 valence electrons. The predicted octanol–water partition coefficient (Wildman–Crippen LogP) is -0.970. The first-order chi connectivity index (χ1) is 9.72. The highest BCUT2D eigenvalue weighted by Gasteiger charge is 2.17. The molecule has 1 aromatic carbocycles. The number of halogens is 1. The van der Waals surface area contributed by atoms with Gasteiger partial charge in [0.1, 0.15) is 0 Å². The number of hydrogen-bond donors (Lipinski definition) is 2. The highest BCUT2D eigenvalue weighted by atomic mass is 35.5. The molecule has 2 heterocycles. The minimum Gasteiger partial charge on any atom is -1.00 e. The molecule has 6 heteroatoms. The average Bonchev–Trinajstić information content (AvgIpc) is 2.88. The summed E-state index contributed by atoms with van der Waals surface area (Å²) >= 11 is 0. The number of rotatable bonds is 3. The molecular formula is C15H14ClN2O3-. The summed E-state index contributed by atoms with van der Waals surface area (Å²) in [6, 6.07) is 9.73. The molecule has 5 nitrogen and oxygen atoms in total. The van der Waals surface area contributed by atoms with Crippen molar-refractivity contribution in [2.75, 3.05) is 6.61 Å². The van der Waals surface area contributed by atoms with Crippen LogP contribution in [0, 0.1) is 6.92 Å². The maximum absolute atomic E-state index is 11.9. The monoisotopic (exact) mass is 305 g/mol. The highest BCUT2D eigenvalue weighted by molar-refractivity contribution is 5.92. The molecule has 0 amide bonds. The molecular weight excluding hydrogens is 292 g/mol. The van der Waals surface area contributed by atoms with Gasteiger partial charge in [0.15, 0.2) is 0 Å². The van der Waals surface area contributed by atoms with Crippen molar-refractivity contribution in [1.29, 1.82) is 0 Å². The molecule has 3 aromatic rings. The van der Waals surface area contributed by atoms with Gasteiger partial charge in [-0.15, -0.1) is 5.10 Å². The van der Waals surface area contributed by atoms with Crippen molar-refractivity contribution in [1.82, 2.24) is 10.2 Å². The largest absolute Gasteiger partial charge is 1.00 e. The standard InChI is InChI=1S/C15H14N2O3.ClH/c1-9-11(7-8-18)15(19)20-14-12(9)13(16-17-14)10-5-3-2-4-6-10;/h2-6,18H,7-8H2,1H3,(H,16,17);1H/p-1. The van der Waals surface area contributed by atoms with Gasteiger partial charge in [-0.3, -0.25) is 5.10 Å². The Kier molecular flexibility index (Phi) is 4.45. The molecule has 0 spiro atoms. The fraction of sp³-hybridized carbons (Fsp3) is 0.200. The van der Waals surface area contributed by atoms with Crippen LogP contribution in [0.1, 0.15) is 11.1 Å². The first kappa shape index (κ1) is 15.3. The average molecular weight is 306 g/mol. The van der Waals surface area contributed by atoms with Crippen LogP contribution in [0.2, 0.25) is 0 Å². The summed E-state index contributed by atoms with van der Waals surface area (Å²) in [6.45, 7) is 1.77. The first-order valence-electron chi connectivity index (χ1n) is 6.39. The normalized spacial score (nSPS) is 10.6. The van der Waals surface area contributed by atoms with Crippen molar-refractivity contribution in [3.05, 3.63) is 51.9 Å². The number of nitrogens with zero attached hydrogens (tertiary/aromatic N) is 1. The van der Waals surface area contributed by atoms with E-state index in [1.807, 2.05) is 37.3 Å². The molecule has 0 unspecified atom stereocenters. The minimum absolute atomic E-state index is 0. The lowest BCUT2D eigenvalue weighted by molar-refractivity contribution is -0.00000580. The second kappa shape index (κ2) is 6.11. The molecule has 21 heavy (non-hydrogen) atoms. The Morgan fingerprint density at radius 2 is 2.00 bits per heavy atom. The Labute approximate surface area is 127 Å². The summed E-state index contributed by atoms with van der Waals surface area (Å²) < 4.78 is 5.22. The van der Waals surface area contributed by atoms with Gasteiger partial charge in [-0.05, 0) is 12.5 Å². The summed E-state index contributed by atoms with van der Waals surface area (Å²) in [4.78, 5) is 11.9. The van der Waals surface area contributed by atoms with Gasteiger partial charge in [-0.2, -0.15) is 0 Å². The first-order valence-corrected chi connectivity index (χ1v) is 6.39. The van der Waals surface area contributed by atoms with Crippen LogP contribution in [0.5, 0.6) is 0 Å². The van der Waals surface area contributed by atoms with E-state index >= 15 is 0 Å². The van der Waals surface area contributed by atoms with Crippen LogP contribution in [0.25, 0.3) is 22.4 Å². The molecule has 0 aliphatic carbocycles. The Bertz CT molecular complexity index is 809. The Morgan fingerprint density at radius 1 is 1.29 bits per heavy atom. The highest BCUT2D eigenvalue weighted by Crippen LogP contribution is 2.29. The van der Waals surface area contributed by atoms with E-state index in [4.69, 9.17) is 9.52 Å². The molecule has 2 N–H and O–H groups in total. The molecule has 0 atom stereocenters. The van der Waals surface area contributed by atoms with Crippen molar-refractivity contribution >= 4 is 11.1 Å². The summed E-state index contributed by atoms with van der Waals surface area (Å²) in [5, 5.41) is 16.9. The van der Waals surface area contributed by atoms with Gasteiger partial charge in [-0.1, -0.05) is 30.3 Å². The van der Waals surface area contributed by atoms with Crippen molar-refractivity contribution in [2.24, 2.45) is 0 Å². The predicted molar refractivity (Wildman–Crippen MR) is 75.6 cm³/mol. The number of aliphatic hydroxyl groups is 1. The van der Waals surface area contributed by atoms with E-state index in [0.717, 1.165) is 22.2 Å². The van der Waals surface area contributed by atoms with Gasteiger partial charge >= 0.3 is 5.63 Å². The zero-order valence-electron chi connectivity index (χ0n) is 11.4. The third kappa shape index (κ3) is 2.57. The van der Waals surface area contributed by atoms with E-state index in [-0.39, 0.29) is 25.4 Å². The van der Waals surface area contributed by atoms with Gasteiger partial charge in [0.2, 0.25) is 5.71 Å². The Morgan fingerprint density at radius 3 is 2.67 bits per heavy atom. The zero-order chi connectivity index (χ0) is 14.1. The second-order valence-corrected chi connectivity index (χ2v) is 4.61. The molecule has 3 rings (SSSR count). The van der Waals surface area contributed by atoms with Crippen LogP contribution >= 0.6 is 0 Å². The van der Waals surface area contributed by atoms with Gasteiger partial charge in [0.05, 0.1) is 11.1 Å². The summed E-state index contributed by atoms with van der Waals surface area (Å²) in [7, 11) is 0. The van der Waals surface area contributed by atoms with Crippen molar-refractivity contribution in [2.45, 2.75) is 13.3 Å². The van der Waals surface area contributed by atoms with Crippen molar-refractivity contribution in [3.63, 3.8) is 0 Å². The quantitative estimate of drug-likeness (QED) is 0.653. The molecule has 0 saturated carbocycles. The zero-order valence-corrected chi connectivity index (χ0v) is 12.1. The third-order valence-corrected chi connectivity index (χ3v) is 3.42. The number of nitrogens with one attached hydrogen (secondary N) is 1. The summed E-state index contributed by atoms with van der Waals surface area (Å²) in [6.07, 6.45) is 0.281. The molecule has 0 aliphatic heterocycles. The van der Waals surface area contributed by atoms with E-state index in [2.05, 4.69) is 10.2 Å². The molecule has 0 radical (unpaired) electrons. The molecule has 0 saturated heterocycles. The van der Waals surface area contributed by atoms with E-state index in [1.165, 1.54) is 0 Å². The Balaban J connectivity index is 0.00000161. The Hall–Kier alpha value is -2.11. The van der Waals surface area contributed by atoms with Crippen LogP contribution in [0.15, 0.2) is 39.5 Å². The fourth-order valence-electron chi connectivity index (χ4n) is 2.42. The van der Waals surface area contributed by atoms with E-state index in [0.29, 0.717) is 11.3 Å². The maximum atomic E-state index is 11.9. The molecule has 2 aromatic heterocycles. The van der Waals surface area contributed by atoms with Gasteiger partial charge in [-0.25, -0.2) is 4.79 Å². The van der Waals surface area contributed by atoms with Crippen LogP contribution < -0.4 is 18.0 Å². The maximum Gasteiger partial charge on any atom is 0.341 e. The lowest BCUT2D eigenvalue weighted by Crippen LogP contribution is -3.00. The van der Waals surface area contributed by atoms with E-state index in [9.17, 15) is 4.79 Å². The smallest absolute Gasteiger partial charge is 0.341 e. The number of H-pyrrole nitrogens is 1. The number of hydrogen-bond acceptors (Lipinski definition) is 4. The van der Waals surface area contributed by atoms with Gasteiger partial charge in [0.25, 0.3) is 0 Å². The number of aliphatic hydroxyl groups excluding tert-OH is 1. The van der Waals surface area contributed by atoms with E-state index < -0.39 is 5.63 Å². The van der Waals surface area contributed by atoms with Crippen LogP contribution in [-0.4, -0.2) is 21.9 Å². The number of aromatic nitrogens is 2. The van der Waals surface area contributed by atoms with Gasteiger partial charge in [0, 0.05) is 24.2 Å². The van der Waals surface area contributed by atoms with E-state index in [1.54, 1.807) is 0 Å².